The summed E-state index contributed by atoms with van der Waals surface area (Å²) in [6, 6.07) is 0.613. The summed E-state index contributed by atoms with van der Waals surface area (Å²) in [5.41, 5.74) is 0. The van der Waals surface area contributed by atoms with Crippen LogP contribution in [-0.2, 0) is 4.79 Å². The molecule has 2 unspecified atom stereocenters. The Hall–Kier alpha value is -0.650. The third-order valence-corrected chi connectivity index (χ3v) is 4.03. The van der Waals surface area contributed by atoms with Gasteiger partial charge < -0.3 is 10.2 Å². The van der Waals surface area contributed by atoms with Crippen LogP contribution in [0.15, 0.2) is 0 Å². The Bertz CT molecular complexity index is 279. The number of carbonyl (C=O) groups is 1. The molecule has 0 aromatic heterocycles. The fourth-order valence-corrected chi connectivity index (χ4v) is 3.12. The summed E-state index contributed by atoms with van der Waals surface area (Å²) in [4.78, 5) is 15.3. The molecule has 0 aromatic carbocycles. The van der Waals surface area contributed by atoms with Crippen molar-refractivity contribution in [1.29, 1.82) is 0 Å². The van der Waals surface area contributed by atoms with E-state index >= 15 is 0 Å². The number of nitrogens with zero attached hydrogens (tertiary/aromatic N) is 2. The monoisotopic (exact) mass is 256 g/mol. The van der Waals surface area contributed by atoms with Gasteiger partial charge in [0.15, 0.2) is 0 Å². The van der Waals surface area contributed by atoms with E-state index in [1.165, 1.54) is 32.4 Å². The van der Waals surface area contributed by atoms with Gasteiger partial charge >= 0.3 is 5.97 Å². The lowest BCUT2D eigenvalue weighted by Crippen LogP contribution is -2.41. The topological polar surface area (TPSA) is 64.0 Å². The first-order valence-corrected chi connectivity index (χ1v) is 7.01. The van der Waals surface area contributed by atoms with Crippen LogP contribution in [0.4, 0.5) is 0 Å². The molecule has 2 heterocycles. The van der Waals surface area contributed by atoms with Gasteiger partial charge in [0.05, 0.1) is 12.5 Å². The molecule has 0 spiro atoms. The summed E-state index contributed by atoms with van der Waals surface area (Å²) in [5, 5.41) is 18.3. The van der Waals surface area contributed by atoms with E-state index in [4.69, 9.17) is 5.11 Å². The van der Waals surface area contributed by atoms with Gasteiger partial charge in [-0.1, -0.05) is 6.42 Å². The minimum atomic E-state index is -0.922. The Balaban J connectivity index is 1.72. The molecule has 2 N–H and O–H groups in total. The quantitative estimate of drug-likeness (QED) is 0.744. The van der Waals surface area contributed by atoms with Crippen LogP contribution in [0.1, 0.15) is 32.1 Å². The van der Waals surface area contributed by atoms with Crippen LogP contribution in [0.5, 0.6) is 0 Å². The minimum Gasteiger partial charge on any atom is -0.481 e. The van der Waals surface area contributed by atoms with Crippen molar-refractivity contribution in [3.8, 4) is 0 Å². The number of hydrogen-bond donors (Lipinski definition) is 2. The molecule has 2 atom stereocenters. The van der Waals surface area contributed by atoms with Crippen molar-refractivity contribution < 1.29 is 15.0 Å². The van der Waals surface area contributed by atoms with Crippen LogP contribution < -0.4 is 0 Å². The third-order valence-electron chi connectivity index (χ3n) is 4.03. The SMILES string of the molecule is O=C(O)CC(O)CN1CCC(N2CCCCC2)C1. The highest BCUT2D eigenvalue weighted by molar-refractivity contribution is 5.67. The number of piperidine rings is 1. The molecular formula is C13H24N2O3. The molecule has 2 fully saturated rings. The number of aliphatic hydroxyl groups excluding tert-OH is 1. The molecule has 5 nitrogen and oxygen atoms in total. The van der Waals surface area contributed by atoms with Crippen molar-refractivity contribution in [3.63, 3.8) is 0 Å². The first-order valence-electron chi connectivity index (χ1n) is 7.01. The van der Waals surface area contributed by atoms with Crippen LogP contribution in [0, 0.1) is 0 Å². The van der Waals surface area contributed by atoms with E-state index in [2.05, 4.69) is 9.80 Å². The van der Waals surface area contributed by atoms with Gasteiger partial charge in [0.1, 0.15) is 0 Å². The standard InChI is InChI=1S/C13H24N2O3/c16-12(8-13(17)18)10-14-7-4-11(9-14)15-5-2-1-3-6-15/h11-12,16H,1-10H2,(H,17,18). The van der Waals surface area contributed by atoms with E-state index in [-0.39, 0.29) is 6.42 Å². The maximum Gasteiger partial charge on any atom is 0.306 e. The fraction of sp³-hybridized carbons (Fsp3) is 0.923. The lowest BCUT2D eigenvalue weighted by Gasteiger charge is -2.32. The van der Waals surface area contributed by atoms with Crippen LogP contribution in [0.3, 0.4) is 0 Å². The molecule has 0 radical (unpaired) electrons. The number of carboxylic acid groups (broad SMARTS) is 1. The number of hydrogen-bond acceptors (Lipinski definition) is 4. The Labute approximate surface area is 108 Å². The van der Waals surface area contributed by atoms with E-state index in [0.29, 0.717) is 12.6 Å². The number of likely N-dealkylation sites (tertiary alicyclic amines) is 2. The largest absolute Gasteiger partial charge is 0.481 e. The number of β-amino-alcohol motifs (C(OH)–C–C–N with tert-alkyl or cyclic N) is 1. The molecular weight excluding hydrogens is 232 g/mol. The number of aliphatic carboxylic acids is 1. The van der Waals surface area contributed by atoms with E-state index in [1.807, 2.05) is 0 Å². The van der Waals surface area contributed by atoms with Crippen LogP contribution in [0.2, 0.25) is 0 Å². The van der Waals surface area contributed by atoms with Crippen molar-refractivity contribution >= 4 is 5.97 Å². The molecule has 0 bridgehead atoms. The minimum absolute atomic E-state index is 0.148. The fourth-order valence-electron chi connectivity index (χ4n) is 3.12. The van der Waals surface area contributed by atoms with Crippen molar-refractivity contribution in [2.75, 3.05) is 32.7 Å². The van der Waals surface area contributed by atoms with E-state index in [0.717, 1.165) is 19.5 Å². The van der Waals surface area contributed by atoms with Gasteiger partial charge in [-0.2, -0.15) is 0 Å². The highest BCUT2D eigenvalue weighted by Crippen LogP contribution is 2.20. The van der Waals surface area contributed by atoms with Crippen molar-refractivity contribution in [2.24, 2.45) is 0 Å². The average Bonchev–Trinajstić information content (AvgIpc) is 2.77. The Morgan fingerprint density at radius 2 is 1.94 bits per heavy atom. The molecule has 2 saturated heterocycles. The summed E-state index contributed by atoms with van der Waals surface area (Å²) in [6.45, 7) is 4.87. The second kappa shape index (κ2) is 6.50. The van der Waals surface area contributed by atoms with Crippen molar-refractivity contribution in [3.05, 3.63) is 0 Å². The Morgan fingerprint density at radius 3 is 2.61 bits per heavy atom. The molecule has 18 heavy (non-hydrogen) atoms. The smallest absolute Gasteiger partial charge is 0.306 e. The van der Waals surface area contributed by atoms with E-state index < -0.39 is 12.1 Å². The normalized spacial score (nSPS) is 28.4. The molecule has 0 saturated carbocycles. The maximum absolute atomic E-state index is 10.5. The molecule has 104 valence electrons. The van der Waals surface area contributed by atoms with Crippen LogP contribution in [0.25, 0.3) is 0 Å². The van der Waals surface area contributed by atoms with Gasteiger partial charge in [-0.15, -0.1) is 0 Å². The average molecular weight is 256 g/mol. The third kappa shape index (κ3) is 3.93. The van der Waals surface area contributed by atoms with Gasteiger partial charge in [0, 0.05) is 19.1 Å². The predicted molar refractivity (Wildman–Crippen MR) is 68.5 cm³/mol. The molecule has 2 rings (SSSR count). The van der Waals surface area contributed by atoms with Gasteiger partial charge in [0.25, 0.3) is 0 Å². The van der Waals surface area contributed by atoms with E-state index in [9.17, 15) is 9.90 Å². The highest BCUT2D eigenvalue weighted by atomic mass is 16.4. The van der Waals surface area contributed by atoms with Crippen molar-refractivity contribution in [1.82, 2.24) is 9.80 Å². The first kappa shape index (κ1) is 13.8. The second-order valence-electron chi connectivity index (χ2n) is 5.55. The Kier molecular flexibility index (Phi) is 4.97. The summed E-state index contributed by atoms with van der Waals surface area (Å²) in [7, 11) is 0. The summed E-state index contributed by atoms with van der Waals surface area (Å²) in [6.07, 6.45) is 4.23. The van der Waals surface area contributed by atoms with Gasteiger partial charge in [-0.05, 0) is 38.9 Å². The van der Waals surface area contributed by atoms with Gasteiger partial charge in [-0.3, -0.25) is 14.6 Å². The summed E-state index contributed by atoms with van der Waals surface area (Å²) in [5.74, 6) is -0.922. The van der Waals surface area contributed by atoms with Crippen LogP contribution >= 0.6 is 0 Å². The summed E-state index contributed by atoms with van der Waals surface area (Å²) < 4.78 is 0. The lowest BCUT2D eigenvalue weighted by molar-refractivity contribution is -0.139. The zero-order valence-electron chi connectivity index (χ0n) is 10.9. The summed E-state index contributed by atoms with van der Waals surface area (Å²) >= 11 is 0. The molecule has 0 aromatic rings. The van der Waals surface area contributed by atoms with Crippen molar-refractivity contribution in [2.45, 2.75) is 44.2 Å². The van der Waals surface area contributed by atoms with Gasteiger partial charge in [-0.25, -0.2) is 0 Å². The van der Waals surface area contributed by atoms with E-state index in [1.54, 1.807) is 0 Å². The second-order valence-corrected chi connectivity index (χ2v) is 5.55. The van der Waals surface area contributed by atoms with Crippen LogP contribution in [-0.4, -0.2) is 70.9 Å². The van der Waals surface area contributed by atoms with Gasteiger partial charge in [0.2, 0.25) is 0 Å². The molecule has 0 amide bonds. The molecule has 5 heteroatoms. The number of carboxylic acids is 1. The molecule has 2 aliphatic heterocycles. The maximum atomic E-state index is 10.5. The predicted octanol–water partition coefficient (Wildman–Crippen LogP) is 0.382. The molecule has 0 aliphatic carbocycles. The number of rotatable bonds is 5. The Morgan fingerprint density at radius 1 is 1.22 bits per heavy atom. The first-order chi connectivity index (χ1) is 8.65. The highest BCUT2D eigenvalue weighted by Gasteiger charge is 2.29. The zero-order valence-corrected chi connectivity index (χ0v) is 10.9. The molecule has 2 aliphatic rings. The zero-order chi connectivity index (χ0) is 13.0. The number of aliphatic hydroxyl groups is 1. The lowest BCUT2D eigenvalue weighted by atomic mass is 10.1.